The van der Waals surface area contributed by atoms with Crippen molar-refractivity contribution in [2.24, 2.45) is 7.05 Å². The molecule has 0 spiro atoms. The third-order valence-corrected chi connectivity index (χ3v) is 3.82. The van der Waals surface area contributed by atoms with Crippen molar-refractivity contribution in [3.63, 3.8) is 0 Å². The van der Waals surface area contributed by atoms with E-state index >= 15 is 0 Å². The van der Waals surface area contributed by atoms with Crippen molar-refractivity contribution >= 4 is 28.6 Å². The number of fused-ring (bicyclic) bond motifs is 1. The maximum atomic E-state index is 12.8. The first-order chi connectivity index (χ1) is 10.8. The molecule has 7 heteroatoms. The Morgan fingerprint density at radius 1 is 1.13 bits per heavy atom. The van der Waals surface area contributed by atoms with Crippen LogP contribution in [0.5, 0.6) is 0 Å². The zero-order chi connectivity index (χ0) is 16.6. The summed E-state index contributed by atoms with van der Waals surface area (Å²) in [6.07, 6.45) is -4.37. The highest BCUT2D eigenvalue weighted by molar-refractivity contribution is 6.30. The minimum absolute atomic E-state index is 0.306. The fourth-order valence-corrected chi connectivity index (χ4v) is 2.44. The van der Waals surface area contributed by atoms with Gasteiger partial charge < -0.3 is 9.88 Å². The van der Waals surface area contributed by atoms with Gasteiger partial charge in [0.05, 0.1) is 16.6 Å². The van der Waals surface area contributed by atoms with Crippen molar-refractivity contribution in [2.45, 2.75) is 12.7 Å². The molecule has 23 heavy (non-hydrogen) atoms. The Morgan fingerprint density at radius 2 is 1.83 bits per heavy atom. The largest absolute Gasteiger partial charge is 0.416 e. The van der Waals surface area contributed by atoms with Crippen LogP contribution in [0.15, 0.2) is 42.5 Å². The first-order valence-corrected chi connectivity index (χ1v) is 7.24. The smallest absolute Gasteiger partial charge is 0.352 e. The molecule has 0 aliphatic heterocycles. The molecule has 0 radical (unpaired) electrons. The summed E-state index contributed by atoms with van der Waals surface area (Å²) in [6, 6.07) is 10.9. The van der Waals surface area contributed by atoms with Crippen molar-refractivity contribution in [2.75, 3.05) is 5.32 Å². The van der Waals surface area contributed by atoms with Crippen LogP contribution >= 0.6 is 11.6 Å². The zero-order valence-corrected chi connectivity index (χ0v) is 12.9. The minimum Gasteiger partial charge on any atom is -0.352 e. The van der Waals surface area contributed by atoms with Gasteiger partial charge in [-0.25, -0.2) is 4.98 Å². The van der Waals surface area contributed by atoms with Crippen LogP contribution in [0.1, 0.15) is 11.1 Å². The van der Waals surface area contributed by atoms with E-state index in [-0.39, 0.29) is 0 Å². The van der Waals surface area contributed by atoms with Crippen LogP contribution in [0.4, 0.5) is 19.1 Å². The monoisotopic (exact) mass is 339 g/mol. The minimum atomic E-state index is -4.37. The molecule has 0 saturated carbocycles. The van der Waals surface area contributed by atoms with Crippen LogP contribution < -0.4 is 5.32 Å². The molecule has 0 fully saturated rings. The molecule has 0 unspecified atom stereocenters. The van der Waals surface area contributed by atoms with E-state index in [2.05, 4.69) is 10.3 Å². The maximum Gasteiger partial charge on any atom is 0.416 e. The normalized spacial score (nSPS) is 11.9. The number of benzene rings is 2. The molecule has 1 heterocycles. The van der Waals surface area contributed by atoms with Gasteiger partial charge in [0.15, 0.2) is 0 Å². The molecule has 3 rings (SSSR count). The molecular formula is C16H13ClF3N3. The number of rotatable bonds is 3. The Kier molecular flexibility index (Phi) is 3.93. The summed E-state index contributed by atoms with van der Waals surface area (Å²) in [4.78, 5) is 4.24. The van der Waals surface area contributed by atoms with Crippen LogP contribution in [-0.4, -0.2) is 9.55 Å². The first kappa shape index (κ1) is 15.7. The number of alkyl halides is 3. The van der Waals surface area contributed by atoms with E-state index in [9.17, 15) is 13.2 Å². The van der Waals surface area contributed by atoms with Gasteiger partial charge in [0, 0.05) is 18.6 Å². The number of halogens is 4. The fraction of sp³-hybridized carbons (Fsp3) is 0.188. The van der Waals surface area contributed by atoms with Crippen LogP contribution in [0.3, 0.4) is 0 Å². The zero-order valence-electron chi connectivity index (χ0n) is 12.2. The predicted octanol–water partition coefficient (Wildman–Crippen LogP) is 4.86. The molecule has 0 atom stereocenters. The highest BCUT2D eigenvalue weighted by Gasteiger charge is 2.31. The molecule has 0 amide bonds. The summed E-state index contributed by atoms with van der Waals surface area (Å²) >= 11 is 5.83. The third kappa shape index (κ3) is 3.27. The topological polar surface area (TPSA) is 29.9 Å². The number of aromatic nitrogens is 2. The molecule has 2 aromatic carbocycles. The first-order valence-electron chi connectivity index (χ1n) is 6.86. The van der Waals surface area contributed by atoms with Gasteiger partial charge in [0.1, 0.15) is 0 Å². The molecule has 0 bridgehead atoms. The number of anilines is 1. The van der Waals surface area contributed by atoms with Gasteiger partial charge in [-0.2, -0.15) is 13.2 Å². The summed E-state index contributed by atoms with van der Waals surface area (Å²) in [5, 5.41) is 3.77. The van der Waals surface area contributed by atoms with E-state index in [4.69, 9.17) is 11.6 Å². The lowest BCUT2D eigenvalue weighted by molar-refractivity contribution is -0.137. The number of aryl methyl sites for hydroxylation is 1. The van der Waals surface area contributed by atoms with Gasteiger partial charge in [0.25, 0.3) is 0 Å². The molecule has 0 aliphatic carbocycles. The summed E-state index contributed by atoms with van der Waals surface area (Å²) in [7, 11) is 1.76. The van der Waals surface area contributed by atoms with Crippen molar-refractivity contribution in [1.82, 2.24) is 9.55 Å². The SMILES string of the molecule is Cn1c(NCc2ccc(Cl)cc2)nc2cc(C(F)(F)F)ccc21. The van der Waals surface area contributed by atoms with Crippen LogP contribution in [-0.2, 0) is 19.8 Å². The number of nitrogens with one attached hydrogen (secondary N) is 1. The molecule has 1 N–H and O–H groups in total. The van der Waals surface area contributed by atoms with Gasteiger partial charge in [-0.1, -0.05) is 23.7 Å². The highest BCUT2D eigenvalue weighted by Crippen LogP contribution is 2.31. The Morgan fingerprint density at radius 3 is 2.48 bits per heavy atom. The lowest BCUT2D eigenvalue weighted by atomic mass is 10.2. The van der Waals surface area contributed by atoms with Gasteiger partial charge in [-0.15, -0.1) is 0 Å². The van der Waals surface area contributed by atoms with E-state index in [1.807, 2.05) is 12.1 Å². The van der Waals surface area contributed by atoms with Gasteiger partial charge >= 0.3 is 6.18 Å². The van der Waals surface area contributed by atoms with Crippen molar-refractivity contribution in [3.05, 3.63) is 58.6 Å². The second-order valence-electron chi connectivity index (χ2n) is 5.18. The average Bonchev–Trinajstić information content (AvgIpc) is 2.82. The molecular weight excluding hydrogens is 327 g/mol. The van der Waals surface area contributed by atoms with Gasteiger partial charge in [-0.05, 0) is 35.9 Å². The summed E-state index contributed by atoms with van der Waals surface area (Å²) in [5.74, 6) is 0.509. The molecule has 0 saturated heterocycles. The average molecular weight is 340 g/mol. The van der Waals surface area contributed by atoms with E-state index < -0.39 is 11.7 Å². The fourth-order valence-electron chi connectivity index (χ4n) is 2.32. The van der Waals surface area contributed by atoms with Crippen molar-refractivity contribution < 1.29 is 13.2 Å². The van der Waals surface area contributed by atoms with Crippen molar-refractivity contribution in [1.29, 1.82) is 0 Å². The molecule has 3 nitrogen and oxygen atoms in total. The number of imidazole rings is 1. The van der Waals surface area contributed by atoms with E-state index in [0.29, 0.717) is 28.5 Å². The Bertz CT molecular complexity index is 838. The molecule has 0 aliphatic rings. The lowest BCUT2D eigenvalue weighted by Crippen LogP contribution is -2.05. The predicted molar refractivity (Wildman–Crippen MR) is 84.5 cm³/mol. The number of nitrogens with zero attached hydrogens (tertiary/aromatic N) is 2. The van der Waals surface area contributed by atoms with Crippen LogP contribution in [0.25, 0.3) is 11.0 Å². The second kappa shape index (κ2) is 5.77. The summed E-state index contributed by atoms with van der Waals surface area (Å²) < 4.78 is 40.0. The molecule has 3 aromatic rings. The maximum absolute atomic E-state index is 12.8. The molecule has 1 aromatic heterocycles. The number of hydrogen-bond donors (Lipinski definition) is 1. The van der Waals surface area contributed by atoms with E-state index in [1.54, 1.807) is 23.7 Å². The number of hydrogen-bond acceptors (Lipinski definition) is 2. The second-order valence-corrected chi connectivity index (χ2v) is 5.61. The quantitative estimate of drug-likeness (QED) is 0.738. The van der Waals surface area contributed by atoms with Gasteiger partial charge in [-0.3, -0.25) is 0 Å². The Labute approximate surface area is 135 Å². The molecule has 120 valence electrons. The Balaban J connectivity index is 1.86. The van der Waals surface area contributed by atoms with Crippen LogP contribution in [0.2, 0.25) is 5.02 Å². The lowest BCUT2D eigenvalue weighted by Gasteiger charge is -2.07. The third-order valence-electron chi connectivity index (χ3n) is 3.57. The summed E-state index contributed by atoms with van der Waals surface area (Å²) in [6.45, 7) is 0.500. The van der Waals surface area contributed by atoms with Crippen molar-refractivity contribution in [3.8, 4) is 0 Å². The van der Waals surface area contributed by atoms with Gasteiger partial charge in [0.2, 0.25) is 5.95 Å². The van der Waals surface area contributed by atoms with E-state index in [1.165, 1.54) is 6.07 Å². The standard InChI is InChI=1S/C16H13ClF3N3/c1-23-14-7-4-11(16(18,19)20)8-13(14)22-15(23)21-9-10-2-5-12(17)6-3-10/h2-8H,9H2,1H3,(H,21,22). The Hall–Kier alpha value is -2.21. The van der Waals surface area contributed by atoms with E-state index in [0.717, 1.165) is 17.7 Å². The highest BCUT2D eigenvalue weighted by atomic mass is 35.5. The van der Waals surface area contributed by atoms with Crippen LogP contribution in [0, 0.1) is 0 Å². The summed E-state index contributed by atoms with van der Waals surface area (Å²) in [5.41, 5.74) is 1.24.